The Hall–Kier alpha value is -0.880. The quantitative estimate of drug-likeness (QED) is 0.826. The van der Waals surface area contributed by atoms with Gasteiger partial charge in [0.25, 0.3) is 0 Å². The number of hydrogen-bond donors (Lipinski definition) is 0. The molecule has 5 heteroatoms. The molecule has 0 radical (unpaired) electrons. The van der Waals surface area contributed by atoms with Crippen LogP contribution in [-0.2, 0) is 16.0 Å². The molecule has 3 heterocycles. The summed E-state index contributed by atoms with van der Waals surface area (Å²) >= 11 is 0. The Balaban J connectivity index is 1.60. The van der Waals surface area contributed by atoms with Crippen molar-refractivity contribution in [1.82, 2.24) is 9.80 Å². The van der Waals surface area contributed by atoms with Crippen LogP contribution in [0.5, 0.6) is 0 Å². The minimum Gasteiger partial charge on any atom is -0.465 e. The molecule has 0 unspecified atom stereocenters. The molecule has 0 bridgehead atoms. The Labute approximate surface area is 145 Å². The van der Waals surface area contributed by atoms with Crippen LogP contribution in [0.3, 0.4) is 0 Å². The number of nitrogens with zero attached hydrogens (tertiary/aromatic N) is 2. The number of furan rings is 1. The van der Waals surface area contributed by atoms with Crippen molar-refractivity contribution >= 4 is 0 Å². The van der Waals surface area contributed by atoms with Crippen molar-refractivity contribution < 1.29 is 13.9 Å². The van der Waals surface area contributed by atoms with E-state index in [0.717, 1.165) is 57.1 Å². The van der Waals surface area contributed by atoms with Gasteiger partial charge in [-0.3, -0.25) is 4.90 Å². The summed E-state index contributed by atoms with van der Waals surface area (Å²) in [6.45, 7) is 11.6. The zero-order valence-corrected chi connectivity index (χ0v) is 15.6. The number of hydrogen-bond acceptors (Lipinski definition) is 5. The highest BCUT2D eigenvalue weighted by Gasteiger charge is 2.43. The number of aryl methyl sites for hydroxylation is 1. The Morgan fingerprint density at radius 1 is 1.38 bits per heavy atom. The van der Waals surface area contributed by atoms with E-state index in [9.17, 15) is 0 Å². The van der Waals surface area contributed by atoms with Gasteiger partial charge in [-0.2, -0.15) is 0 Å². The molecule has 0 N–H and O–H groups in total. The summed E-state index contributed by atoms with van der Waals surface area (Å²) in [5, 5.41) is 0. The monoisotopic (exact) mass is 336 g/mol. The molecular weight excluding hydrogens is 304 g/mol. The summed E-state index contributed by atoms with van der Waals surface area (Å²) in [5.41, 5.74) is -0.152. The highest BCUT2D eigenvalue weighted by molar-refractivity contribution is 5.06. The zero-order valence-electron chi connectivity index (χ0n) is 15.6. The molecule has 2 aliphatic heterocycles. The first-order valence-electron chi connectivity index (χ1n) is 9.19. The summed E-state index contributed by atoms with van der Waals surface area (Å²) in [6, 6.07) is 4.65. The predicted octanol–water partition coefficient (Wildman–Crippen LogP) is 2.68. The van der Waals surface area contributed by atoms with E-state index in [0.29, 0.717) is 18.8 Å². The van der Waals surface area contributed by atoms with E-state index < -0.39 is 0 Å². The van der Waals surface area contributed by atoms with Gasteiger partial charge in [0.15, 0.2) is 0 Å². The average molecular weight is 336 g/mol. The second kappa shape index (κ2) is 7.56. The van der Waals surface area contributed by atoms with E-state index in [4.69, 9.17) is 13.9 Å². The van der Waals surface area contributed by atoms with Crippen molar-refractivity contribution in [3.63, 3.8) is 0 Å². The van der Waals surface area contributed by atoms with Crippen LogP contribution in [-0.4, -0.2) is 67.4 Å². The van der Waals surface area contributed by atoms with Crippen molar-refractivity contribution in [2.24, 2.45) is 0 Å². The fourth-order valence-corrected chi connectivity index (χ4v) is 3.69. The van der Waals surface area contributed by atoms with E-state index >= 15 is 0 Å². The van der Waals surface area contributed by atoms with Crippen molar-refractivity contribution in [3.05, 3.63) is 23.7 Å². The SMILES string of the molecule is Cc1ccc(CN2CCOC[C@]3(CC[C@@H](CN(C)C(C)C)O3)C2)o1. The lowest BCUT2D eigenvalue weighted by atomic mass is 10.00. The molecule has 2 fully saturated rings. The smallest absolute Gasteiger partial charge is 0.118 e. The van der Waals surface area contributed by atoms with E-state index in [2.05, 4.69) is 36.8 Å². The molecule has 136 valence electrons. The van der Waals surface area contributed by atoms with Gasteiger partial charge in [0.1, 0.15) is 17.1 Å². The second-order valence-corrected chi connectivity index (χ2v) is 7.77. The lowest BCUT2D eigenvalue weighted by molar-refractivity contribution is -0.0927. The standard InChI is InChI=1S/C19H32N2O3/c1-15(2)20(4)11-18-7-8-19(24-18)13-21(9-10-22-14-19)12-17-6-5-16(3)23-17/h5-6,15,18H,7-14H2,1-4H3/t18-,19-/m0/s1. The van der Waals surface area contributed by atoms with Gasteiger partial charge in [-0.1, -0.05) is 0 Å². The lowest BCUT2D eigenvalue weighted by Gasteiger charge is -2.32. The first-order chi connectivity index (χ1) is 11.5. The maximum atomic E-state index is 6.52. The maximum absolute atomic E-state index is 6.52. The molecule has 2 aliphatic rings. The molecule has 5 nitrogen and oxygen atoms in total. The Morgan fingerprint density at radius 3 is 2.92 bits per heavy atom. The summed E-state index contributed by atoms with van der Waals surface area (Å²) in [5.74, 6) is 2.00. The molecule has 24 heavy (non-hydrogen) atoms. The van der Waals surface area contributed by atoms with Crippen LogP contribution in [0.4, 0.5) is 0 Å². The molecule has 1 aromatic rings. The third-order valence-corrected chi connectivity index (χ3v) is 5.32. The highest BCUT2D eigenvalue weighted by Crippen LogP contribution is 2.34. The molecule has 2 atom stereocenters. The summed E-state index contributed by atoms with van der Waals surface area (Å²) < 4.78 is 18.2. The van der Waals surface area contributed by atoms with Crippen LogP contribution in [0.15, 0.2) is 16.5 Å². The Kier molecular flexibility index (Phi) is 5.65. The number of likely N-dealkylation sites (N-methyl/N-ethyl adjacent to an activating group) is 1. The van der Waals surface area contributed by atoms with E-state index in [1.54, 1.807) is 0 Å². The summed E-state index contributed by atoms with van der Waals surface area (Å²) in [4.78, 5) is 4.78. The highest BCUT2D eigenvalue weighted by atomic mass is 16.6. The van der Waals surface area contributed by atoms with E-state index in [-0.39, 0.29) is 5.60 Å². The first kappa shape index (κ1) is 17.9. The molecule has 3 rings (SSSR count). The maximum Gasteiger partial charge on any atom is 0.118 e. The van der Waals surface area contributed by atoms with Gasteiger partial charge in [-0.05, 0) is 52.8 Å². The molecule has 0 amide bonds. The van der Waals surface area contributed by atoms with Crippen LogP contribution in [0.1, 0.15) is 38.2 Å². The van der Waals surface area contributed by atoms with Crippen LogP contribution < -0.4 is 0 Å². The Morgan fingerprint density at radius 2 is 2.21 bits per heavy atom. The van der Waals surface area contributed by atoms with Crippen molar-refractivity contribution in [3.8, 4) is 0 Å². The second-order valence-electron chi connectivity index (χ2n) is 7.77. The minimum absolute atomic E-state index is 0.152. The largest absolute Gasteiger partial charge is 0.465 e. The first-order valence-corrected chi connectivity index (χ1v) is 9.19. The minimum atomic E-state index is -0.152. The van der Waals surface area contributed by atoms with Gasteiger partial charge in [-0.25, -0.2) is 0 Å². The third kappa shape index (κ3) is 4.39. The molecule has 0 saturated carbocycles. The average Bonchev–Trinajstić information content (AvgIpc) is 3.04. The third-order valence-electron chi connectivity index (χ3n) is 5.32. The van der Waals surface area contributed by atoms with Gasteiger partial charge >= 0.3 is 0 Å². The number of ether oxygens (including phenoxy) is 2. The van der Waals surface area contributed by atoms with E-state index in [1.165, 1.54) is 0 Å². The topological polar surface area (TPSA) is 38.1 Å². The molecular formula is C19H32N2O3. The fraction of sp³-hybridized carbons (Fsp3) is 0.789. The van der Waals surface area contributed by atoms with Gasteiger partial charge in [0, 0.05) is 25.7 Å². The van der Waals surface area contributed by atoms with Crippen molar-refractivity contribution in [2.75, 3.05) is 39.9 Å². The van der Waals surface area contributed by atoms with E-state index in [1.807, 2.05) is 13.0 Å². The van der Waals surface area contributed by atoms with Crippen LogP contribution >= 0.6 is 0 Å². The molecule has 0 aliphatic carbocycles. The van der Waals surface area contributed by atoms with Gasteiger partial charge in [0.05, 0.1) is 25.9 Å². The van der Waals surface area contributed by atoms with Crippen molar-refractivity contribution in [2.45, 2.75) is 57.9 Å². The summed E-state index contributed by atoms with van der Waals surface area (Å²) in [6.07, 6.45) is 2.51. The van der Waals surface area contributed by atoms with Crippen LogP contribution in [0, 0.1) is 6.92 Å². The summed E-state index contributed by atoms with van der Waals surface area (Å²) in [7, 11) is 2.17. The lowest BCUT2D eigenvalue weighted by Crippen LogP contribution is -2.45. The van der Waals surface area contributed by atoms with Gasteiger partial charge < -0.3 is 18.8 Å². The van der Waals surface area contributed by atoms with Gasteiger partial charge in [0.2, 0.25) is 0 Å². The normalized spacial score (nSPS) is 29.0. The molecule has 1 aromatic heterocycles. The fourth-order valence-electron chi connectivity index (χ4n) is 3.69. The molecule has 1 spiro atoms. The van der Waals surface area contributed by atoms with Gasteiger partial charge in [-0.15, -0.1) is 0 Å². The molecule has 0 aromatic carbocycles. The molecule has 2 saturated heterocycles. The van der Waals surface area contributed by atoms with Crippen LogP contribution in [0.2, 0.25) is 0 Å². The number of rotatable bonds is 5. The predicted molar refractivity (Wildman–Crippen MR) is 94.1 cm³/mol. The zero-order chi connectivity index (χ0) is 17.2. The van der Waals surface area contributed by atoms with Crippen molar-refractivity contribution in [1.29, 1.82) is 0 Å². The van der Waals surface area contributed by atoms with Crippen LogP contribution in [0.25, 0.3) is 0 Å². The Bertz CT molecular complexity index is 530.